The number of aliphatic hydroxyl groups is 2. The van der Waals surface area contributed by atoms with Crippen molar-refractivity contribution in [1.82, 2.24) is 69.1 Å². The van der Waals surface area contributed by atoms with Crippen LogP contribution >= 0.6 is 43.2 Å². The number of hydrogen-bond donors (Lipinski definition) is 25. The summed E-state index contributed by atoms with van der Waals surface area (Å²) in [5.41, 5.74) is 48.9. The van der Waals surface area contributed by atoms with Crippen LogP contribution in [0.25, 0.3) is 0 Å². The van der Waals surface area contributed by atoms with Crippen molar-refractivity contribution in [1.29, 1.82) is 0 Å². The monoisotopic (exact) mass is 1940 g/mol. The van der Waals surface area contributed by atoms with E-state index in [1.807, 2.05) is 13.8 Å². The van der Waals surface area contributed by atoms with Gasteiger partial charge in [-0.2, -0.15) is 0 Å². The Morgan fingerprint density at radius 2 is 0.647 bits per heavy atom. The molecule has 0 heterocycles. The van der Waals surface area contributed by atoms with E-state index in [1.165, 1.54) is 42.6 Å². The van der Waals surface area contributed by atoms with E-state index in [2.05, 4.69) is 94.8 Å². The molecule has 732 valence electrons. The summed E-state index contributed by atoms with van der Waals surface area (Å²) in [5, 5.41) is 61.1. The fourth-order valence-corrected chi connectivity index (χ4v) is 14.9. The molecule has 4 aromatic rings. The van der Waals surface area contributed by atoms with E-state index in [0.717, 1.165) is 18.4 Å². The molecule has 2 unspecified atom stereocenters. The highest BCUT2D eigenvalue weighted by Gasteiger charge is 2.36. The van der Waals surface area contributed by atoms with Crippen molar-refractivity contribution in [2.24, 2.45) is 71.6 Å². The van der Waals surface area contributed by atoms with Gasteiger partial charge in [0.05, 0.1) is 48.9 Å². The zero-order chi connectivity index (χ0) is 99.3. The van der Waals surface area contributed by atoms with Gasteiger partial charge in [0.1, 0.15) is 71.9 Å². The van der Waals surface area contributed by atoms with E-state index in [4.69, 9.17) is 55.3 Å². The van der Waals surface area contributed by atoms with E-state index in [1.54, 1.807) is 131 Å². The molecule has 0 radical (unpaired) electrons. The summed E-state index contributed by atoms with van der Waals surface area (Å²) in [6.07, 6.45) is -1.09. The highest BCUT2D eigenvalue weighted by atomic mass is 33.1. The molecule has 133 heavy (non-hydrogen) atoms. The highest BCUT2D eigenvalue weighted by molar-refractivity contribution is 8.77. The van der Waals surface area contributed by atoms with Gasteiger partial charge in [-0.3, -0.25) is 87.1 Å². The van der Waals surface area contributed by atoms with Crippen LogP contribution < -0.4 is 130 Å². The van der Waals surface area contributed by atoms with Crippen molar-refractivity contribution < 1.29 is 102 Å². The number of rotatable bonds is 58. The molecule has 4 rings (SSSR count). The Hall–Kier alpha value is -13.2. The fraction of sp³-hybridized carbons (Fsp3) is 0.463. The predicted octanol–water partition coefficient (Wildman–Crippen LogP) is -5.31. The number of carboxylic acids is 1. The highest BCUT2D eigenvalue weighted by Crippen LogP contribution is 2.38. The molecule has 34 N–H and O–H groups in total. The number of para-hydroxylation sites is 2. The lowest BCUT2D eigenvalue weighted by Gasteiger charge is -2.26. The summed E-state index contributed by atoms with van der Waals surface area (Å²) in [6.45, 7) is 3.20. The first-order valence-corrected chi connectivity index (χ1v) is 46.3. The Balaban J connectivity index is 0.000000884. The van der Waals surface area contributed by atoms with Crippen LogP contribution in [-0.2, 0) is 89.6 Å². The molecule has 0 aliphatic rings. The lowest BCUT2D eigenvalue weighted by atomic mass is 10.1. The van der Waals surface area contributed by atoms with Crippen LogP contribution in [0.2, 0.25) is 0 Å². The standard InChI is InChI=1S/C41H61N13O10S2.C40H58N12O11S2.CH5N/c1-4-65-66-32-17-9-8-16-31(32)64-39(63)29(20-25-12-6-5-7-13-25)51-34(58)22-49-35(59)30(23-55)54-37(61)27(15-11-19-48-41(44)45)52-38(62)28(21-33(57)46-3)53-36(60)26(50-24(2)56)14-10-18-47-40(42)43;1-3-64-65-31-16-8-7-15-30(31)63-38(62)28(19-24-11-5-4-6-12-24)49-32(55)21-47-34(58)29(22-53)52-36(60)26(14-10-18-46-40(43)44)50-37(61)27(20-33(56)57)51-35(59)25(48-23(2)54)13-9-17-45-39(41)42;1-2/h5-9,12-13,16-17,26-30,55H,4,10-11,14-15,18-23H2,1-3H3,(H,46,57)(H,49,59)(H,50,56)(H,51,58)(H,52,62)(H,53,60)(H,54,61)(H4,42,43,47)(H4,44,45,48);4-8,11-12,15-16,25-29,53H,3,9-10,13-14,17-22H2,1-2H3,(H,47,58)(H,48,54)(H,49,55)(H,50,61)(H,51,59)(H,52,60)(H,56,57)(H4,41,42,45)(H4,43,44,46);2H2,1H3/t26-,27-,28?,29-,30-;25-,26-,27?,28-,29-;/m00./s1. The van der Waals surface area contributed by atoms with Crippen molar-refractivity contribution in [3.63, 3.8) is 0 Å². The molecule has 0 saturated heterocycles. The van der Waals surface area contributed by atoms with E-state index >= 15 is 0 Å². The summed E-state index contributed by atoms with van der Waals surface area (Å²) in [4.78, 5) is 226. The summed E-state index contributed by atoms with van der Waals surface area (Å²) in [6, 6.07) is 17.1. The number of esters is 2. The number of benzene rings is 4. The minimum Gasteiger partial charge on any atom is -0.481 e. The van der Waals surface area contributed by atoms with Gasteiger partial charge in [0, 0.05) is 71.4 Å². The van der Waals surface area contributed by atoms with Crippen molar-refractivity contribution in [2.75, 3.05) is 78.1 Å². The average molecular weight is 1940 g/mol. The van der Waals surface area contributed by atoms with Gasteiger partial charge in [0.15, 0.2) is 23.8 Å². The van der Waals surface area contributed by atoms with Crippen molar-refractivity contribution >= 4 is 162 Å². The van der Waals surface area contributed by atoms with Gasteiger partial charge in [-0.25, -0.2) is 9.59 Å². The second-order valence-electron chi connectivity index (χ2n) is 28.3. The number of nitrogens with one attached hydrogen (secondary N) is 13. The molecule has 51 heteroatoms. The number of aliphatic hydroxyl groups excluding tert-OH is 2. The van der Waals surface area contributed by atoms with Crippen LogP contribution in [0.15, 0.2) is 139 Å². The number of carbonyl (C=O) groups is 16. The molecule has 47 nitrogen and oxygen atoms in total. The molecule has 0 aliphatic carbocycles. The third-order valence-electron chi connectivity index (χ3n) is 17.7. The van der Waals surface area contributed by atoms with E-state index in [0.29, 0.717) is 32.4 Å². The topological polar surface area (TPSA) is 792 Å². The number of carboxylic acid groups (broad SMARTS) is 1. The Morgan fingerprint density at radius 3 is 0.940 bits per heavy atom. The minimum absolute atomic E-state index is 0.000603. The number of amides is 13. The first-order chi connectivity index (χ1) is 63.4. The lowest BCUT2D eigenvalue weighted by Crippen LogP contribution is -2.59. The van der Waals surface area contributed by atoms with Gasteiger partial charge >= 0.3 is 17.9 Å². The molecule has 0 saturated carbocycles. The normalized spacial score (nSPS) is 12.7. The molecule has 13 amide bonds. The van der Waals surface area contributed by atoms with E-state index in [-0.39, 0.29) is 114 Å². The zero-order valence-electron chi connectivity index (χ0n) is 74.5. The molecular weight excluding hydrogens is 1810 g/mol. The van der Waals surface area contributed by atoms with E-state index < -0.39 is 194 Å². The smallest absolute Gasteiger partial charge is 0.334 e. The fourth-order valence-electron chi connectivity index (χ4n) is 11.5. The second kappa shape index (κ2) is 66.2. The van der Waals surface area contributed by atoms with Gasteiger partial charge in [-0.1, -0.05) is 142 Å². The Bertz CT molecular complexity index is 4550. The predicted molar refractivity (Wildman–Crippen MR) is 504 cm³/mol. The summed E-state index contributed by atoms with van der Waals surface area (Å²) in [7, 11) is 8.76. The average Bonchev–Trinajstić information content (AvgIpc) is 0.866. The summed E-state index contributed by atoms with van der Waals surface area (Å²) >= 11 is 0. The number of aliphatic imine (C=N–C) groups is 4. The van der Waals surface area contributed by atoms with Crippen LogP contribution in [0.5, 0.6) is 11.5 Å². The Kier molecular flexibility index (Phi) is 57.6. The molecular formula is C82H124N26O21S4. The number of aliphatic carboxylic acids is 1. The third-order valence-corrected chi connectivity index (χ3v) is 22.6. The summed E-state index contributed by atoms with van der Waals surface area (Å²) in [5.74, 6) is -13.0. The quantitative estimate of drug-likeness (QED) is 0.00490. The SMILES string of the molecule is CCSSc1ccccc1OC(=O)[C@H](Cc1ccccc1)NC(=O)CNC(=O)[C@H](CO)NC(=O)[C@H](CCCN=C(N)N)NC(=O)C(CC(=O)NC)NC(=O)[C@H](CCCN=C(N)N)NC(C)=O.CCSSc1ccccc1OC(=O)[C@H](Cc1ccccc1)NC(=O)CNC(=O)[C@H](CO)NC(=O)[C@H](CCCN=C(N)N)NC(=O)C(CC(=O)O)NC(=O)[C@H](CCCN=C(N)N)NC(C)=O.CN. The second-order valence-corrected chi connectivity index (χ2v) is 33.5. The van der Waals surface area contributed by atoms with Crippen LogP contribution in [-0.4, -0.2) is 272 Å². The maximum atomic E-state index is 13.8. The maximum absolute atomic E-state index is 13.8. The summed E-state index contributed by atoms with van der Waals surface area (Å²) < 4.78 is 11.5. The maximum Gasteiger partial charge on any atom is 0.334 e. The zero-order valence-corrected chi connectivity index (χ0v) is 77.8. The Labute approximate surface area is 784 Å². The first kappa shape index (κ1) is 116. The van der Waals surface area contributed by atoms with Crippen molar-refractivity contribution in [3.05, 3.63) is 120 Å². The van der Waals surface area contributed by atoms with Gasteiger partial charge in [-0.15, -0.1) is 0 Å². The first-order valence-electron chi connectivity index (χ1n) is 41.6. The molecule has 10 atom stereocenters. The number of nitrogens with zero attached hydrogens (tertiary/aromatic N) is 4. The number of ether oxygens (including phenoxy) is 2. The van der Waals surface area contributed by atoms with Gasteiger partial charge in [0.2, 0.25) is 76.8 Å². The van der Waals surface area contributed by atoms with Gasteiger partial charge in [-0.05, 0) is 93.8 Å². The van der Waals surface area contributed by atoms with Crippen LogP contribution in [0.1, 0.15) is 103 Å². The molecule has 0 spiro atoms. The van der Waals surface area contributed by atoms with Crippen molar-refractivity contribution in [2.45, 2.75) is 175 Å². The number of nitrogens with two attached hydrogens (primary N) is 9. The third kappa shape index (κ3) is 49.6. The Morgan fingerprint density at radius 1 is 0.361 bits per heavy atom. The molecule has 0 aromatic heterocycles. The van der Waals surface area contributed by atoms with Gasteiger partial charge < -0.3 is 146 Å². The van der Waals surface area contributed by atoms with Crippen LogP contribution in [0, 0.1) is 0 Å². The number of guanidine groups is 4. The molecule has 0 aliphatic heterocycles. The van der Waals surface area contributed by atoms with Gasteiger partial charge in [0.25, 0.3) is 0 Å². The molecule has 0 bridgehead atoms. The number of carbonyl (C=O) groups excluding carboxylic acids is 15. The van der Waals surface area contributed by atoms with Crippen LogP contribution in [0.4, 0.5) is 0 Å². The van der Waals surface area contributed by atoms with E-state index in [9.17, 15) is 92.0 Å². The largest absolute Gasteiger partial charge is 0.481 e. The van der Waals surface area contributed by atoms with Crippen molar-refractivity contribution in [3.8, 4) is 11.5 Å². The molecule has 0 fully saturated rings. The van der Waals surface area contributed by atoms with Crippen LogP contribution in [0.3, 0.4) is 0 Å². The molecule has 4 aromatic carbocycles. The number of hydrogen-bond acceptors (Lipinski definition) is 29. The minimum atomic E-state index is -1.77. The lowest BCUT2D eigenvalue weighted by molar-refractivity contribution is -0.141.